The van der Waals surface area contributed by atoms with Crippen molar-refractivity contribution in [1.29, 1.82) is 0 Å². The van der Waals surface area contributed by atoms with Crippen LogP contribution in [0, 0.1) is 12.8 Å². The summed E-state index contributed by atoms with van der Waals surface area (Å²) < 4.78 is 0. The Labute approximate surface area is 125 Å². The zero-order valence-electron chi connectivity index (χ0n) is 12.5. The van der Waals surface area contributed by atoms with Crippen molar-refractivity contribution in [3.63, 3.8) is 0 Å². The van der Waals surface area contributed by atoms with Crippen LogP contribution in [0.4, 0.5) is 0 Å². The normalized spacial score (nSPS) is 19.7. The SMILES string of the molecule is Cc1ccc(CN2CC(C(=O)NCC(C)O)CC2=O)cc1. The number of nitrogens with zero attached hydrogens (tertiary/aromatic N) is 1. The molecule has 0 spiro atoms. The highest BCUT2D eigenvalue weighted by Crippen LogP contribution is 2.20. The lowest BCUT2D eigenvalue weighted by Crippen LogP contribution is -2.36. The van der Waals surface area contributed by atoms with Crippen LogP contribution >= 0.6 is 0 Å². The van der Waals surface area contributed by atoms with E-state index in [2.05, 4.69) is 5.32 Å². The van der Waals surface area contributed by atoms with Gasteiger partial charge >= 0.3 is 0 Å². The molecule has 1 saturated heterocycles. The van der Waals surface area contributed by atoms with Gasteiger partial charge in [-0.25, -0.2) is 0 Å². The number of rotatable bonds is 5. The number of nitrogens with one attached hydrogen (secondary N) is 1. The van der Waals surface area contributed by atoms with E-state index in [0.29, 0.717) is 13.1 Å². The Morgan fingerprint density at radius 3 is 2.71 bits per heavy atom. The van der Waals surface area contributed by atoms with Gasteiger partial charge in [-0.3, -0.25) is 9.59 Å². The predicted octanol–water partition coefficient (Wildman–Crippen LogP) is 0.841. The fourth-order valence-electron chi connectivity index (χ4n) is 2.41. The van der Waals surface area contributed by atoms with Crippen molar-refractivity contribution in [2.45, 2.75) is 32.9 Å². The molecule has 21 heavy (non-hydrogen) atoms. The van der Waals surface area contributed by atoms with Crippen molar-refractivity contribution in [2.24, 2.45) is 5.92 Å². The molecule has 0 aliphatic carbocycles. The molecule has 1 aliphatic heterocycles. The first kappa shape index (κ1) is 15.5. The van der Waals surface area contributed by atoms with Gasteiger partial charge in [0.05, 0.1) is 12.0 Å². The predicted molar refractivity (Wildman–Crippen MR) is 79.4 cm³/mol. The second kappa shape index (κ2) is 6.72. The molecule has 5 nitrogen and oxygen atoms in total. The summed E-state index contributed by atoms with van der Waals surface area (Å²) in [4.78, 5) is 25.7. The van der Waals surface area contributed by atoms with Crippen molar-refractivity contribution < 1.29 is 14.7 Å². The van der Waals surface area contributed by atoms with Gasteiger partial charge in [-0.2, -0.15) is 0 Å². The molecule has 0 aromatic heterocycles. The van der Waals surface area contributed by atoms with E-state index >= 15 is 0 Å². The molecule has 2 atom stereocenters. The minimum atomic E-state index is -0.574. The number of likely N-dealkylation sites (tertiary alicyclic amines) is 1. The standard InChI is InChI=1S/C16H22N2O3/c1-11-3-5-13(6-4-11)9-18-10-14(7-15(18)20)16(21)17-8-12(2)19/h3-6,12,14,19H,7-10H2,1-2H3,(H,17,21). The maximum Gasteiger partial charge on any atom is 0.225 e. The third-order valence-electron chi connectivity index (χ3n) is 3.65. The Hall–Kier alpha value is -1.88. The summed E-state index contributed by atoms with van der Waals surface area (Å²) in [5, 5.41) is 11.8. The van der Waals surface area contributed by atoms with Gasteiger partial charge in [0.2, 0.25) is 11.8 Å². The number of carbonyl (C=O) groups excluding carboxylic acids is 2. The third kappa shape index (κ3) is 4.29. The monoisotopic (exact) mass is 290 g/mol. The average Bonchev–Trinajstić information content (AvgIpc) is 2.80. The van der Waals surface area contributed by atoms with Gasteiger partial charge < -0.3 is 15.3 Å². The van der Waals surface area contributed by atoms with E-state index in [9.17, 15) is 14.7 Å². The average molecular weight is 290 g/mol. The first-order chi connectivity index (χ1) is 9.95. The van der Waals surface area contributed by atoms with Crippen molar-refractivity contribution in [3.05, 3.63) is 35.4 Å². The molecular weight excluding hydrogens is 268 g/mol. The molecule has 0 radical (unpaired) electrons. The highest BCUT2D eigenvalue weighted by atomic mass is 16.3. The van der Waals surface area contributed by atoms with Crippen LogP contribution in [-0.2, 0) is 16.1 Å². The Balaban J connectivity index is 1.90. The minimum Gasteiger partial charge on any atom is -0.392 e. The fourth-order valence-corrected chi connectivity index (χ4v) is 2.41. The van der Waals surface area contributed by atoms with E-state index < -0.39 is 6.10 Å². The van der Waals surface area contributed by atoms with Gasteiger partial charge in [0.25, 0.3) is 0 Å². The number of carbonyl (C=O) groups is 2. The number of benzene rings is 1. The van der Waals surface area contributed by atoms with Crippen molar-refractivity contribution in [1.82, 2.24) is 10.2 Å². The summed E-state index contributed by atoms with van der Waals surface area (Å²) >= 11 is 0. The molecule has 1 aliphatic rings. The molecule has 2 unspecified atom stereocenters. The van der Waals surface area contributed by atoms with Crippen LogP contribution in [0.1, 0.15) is 24.5 Å². The number of aliphatic hydroxyl groups excluding tert-OH is 1. The number of hydrogen-bond acceptors (Lipinski definition) is 3. The van der Waals surface area contributed by atoms with Crippen LogP contribution in [-0.4, -0.2) is 41.0 Å². The zero-order chi connectivity index (χ0) is 15.4. The third-order valence-corrected chi connectivity index (χ3v) is 3.65. The van der Waals surface area contributed by atoms with Crippen molar-refractivity contribution in [3.8, 4) is 0 Å². The summed E-state index contributed by atoms with van der Waals surface area (Å²) in [5.41, 5.74) is 2.25. The van der Waals surface area contributed by atoms with E-state index in [1.165, 1.54) is 5.56 Å². The molecule has 2 N–H and O–H groups in total. The summed E-state index contributed by atoms with van der Waals surface area (Å²) in [6.07, 6.45) is -0.327. The van der Waals surface area contributed by atoms with Gasteiger partial charge in [-0.05, 0) is 19.4 Å². The number of amides is 2. The zero-order valence-corrected chi connectivity index (χ0v) is 12.5. The van der Waals surface area contributed by atoms with Gasteiger partial charge in [0, 0.05) is 26.1 Å². The molecule has 1 aromatic rings. The lowest BCUT2D eigenvalue weighted by Gasteiger charge is -2.17. The quantitative estimate of drug-likeness (QED) is 0.844. The number of hydrogen-bond donors (Lipinski definition) is 2. The summed E-state index contributed by atoms with van der Waals surface area (Å²) in [6, 6.07) is 8.04. The molecule has 1 heterocycles. The molecule has 1 fully saturated rings. The smallest absolute Gasteiger partial charge is 0.225 e. The second-order valence-corrected chi connectivity index (χ2v) is 5.76. The van der Waals surface area contributed by atoms with Crippen molar-refractivity contribution >= 4 is 11.8 Å². The molecule has 0 bridgehead atoms. The van der Waals surface area contributed by atoms with Crippen LogP contribution in [0.15, 0.2) is 24.3 Å². The Bertz CT molecular complexity index is 511. The van der Waals surface area contributed by atoms with Crippen LogP contribution < -0.4 is 5.32 Å². The molecule has 5 heteroatoms. The van der Waals surface area contributed by atoms with Gasteiger partial charge in [0.15, 0.2) is 0 Å². The highest BCUT2D eigenvalue weighted by Gasteiger charge is 2.34. The van der Waals surface area contributed by atoms with E-state index in [-0.39, 0.29) is 30.7 Å². The molecular formula is C16H22N2O3. The molecule has 2 rings (SSSR count). The molecule has 1 aromatic carbocycles. The first-order valence-electron chi connectivity index (χ1n) is 7.25. The Morgan fingerprint density at radius 1 is 1.43 bits per heavy atom. The van der Waals surface area contributed by atoms with Crippen molar-refractivity contribution in [2.75, 3.05) is 13.1 Å². The van der Waals surface area contributed by atoms with E-state index in [1.54, 1.807) is 11.8 Å². The van der Waals surface area contributed by atoms with Gasteiger partial charge in [-0.1, -0.05) is 29.8 Å². The lowest BCUT2D eigenvalue weighted by molar-refractivity contribution is -0.129. The lowest BCUT2D eigenvalue weighted by atomic mass is 10.1. The summed E-state index contributed by atoms with van der Waals surface area (Å²) in [6.45, 7) is 4.84. The van der Waals surface area contributed by atoms with E-state index in [0.717, 1.165) is 5.56 Å². The van der Waals surface area contributed by atoms with E-state index in [1.807, 2.05) is 31.2 Å². The van der Waals surface area contributed by atoms with Crippen LogP contribution in [0.2, 0.25) is 0 Å². The maximum absolute atomic E-state index is 12.0. The van der Waals surface area contributed by atoms with Crippen LogP contribution in [0.5, 0.6) is 0 Å². The first-order valence-corrected chi connectivity index (χ1v) is 7.25. The maximum atomic E-state index is 12.0. The summed E-state index contributed by atoms with van der Waals surface area (Å²) in [7, 11) is 0. The van der Waals surface area contributed by atoms with Gasteiger partial charge in [-0.15, -0.1) is 0 Å². The fraction of sp³-hybridized carbons (Fsp3) is 0.500. The highest BCUT2D eigenvalue weighted by molar-refractivity contribution is 5.89. The molecule has 0 saturated carbocycles. The second-order valence-electron chi connectivity index (χ2n) is 5.76. The number of aryl methyl sites for hydroxylation is 1. The largest absolute Gasteiger partial charge is 0.392 e. The van der Waals surface area contributed by atoms with Gasteiger partial charge in [0.1, 0.15) is 0 Å². The molecule has 114 valence electrons. The van der Waals surface area contributed by atoms with E-state index in [4.69, 9.17) is 0 Å². The van der Waals surface area contributed by atoms with Crippen LogP contribution in [0.3, 0.4) is 0 Å². The summed E-state index contributed by atoms with van der Waals surface area (Å²) in [5.74, 6) is -0.467. The Morgan fingerprint density at radius 2 is 2.10 bits per heavy atom. The Kier molecular flexibility index (Phi) is 4.96. The van der Waals surface area contributed by atoms with Crippen LogP contribution in [0.25, 0.3) is 0 Å². The topological polar surface area (TPSA) is 69.6 Å². The minimum absolute atomic E-state index is 0.00720. The molecule has 2 amide bonds. The number of aliphatic hydroxyl groups is 1.